The lowest BCUT2D eigenvalue weighted by atomic mass is 10.0. The molecule has 6 heteroatoms. The van der Waals surface area contributed by atoms with Crippen molar-refractivity contribution in [1.82, 2.24) is 0 Å². The molecule has 0 saturated carbocycles. The molecule has 75 heavy (non-hydrogen) atoms. The van der Waals surface area contributed by atoms with Gasteiger partial charge in [-0.25, -0.2) is 0 Å². The van der Waals surface area contributed by atoms with Crippen molar-refractivity contribution in [3.05, 3.63) is 24.3 Å². The van der Waals surface area contributed by atoms with E-state index in [1.807, 2.05) is 0 Å². The molecule has 1 atom stereocenters. The molecule has 0 aliphatic heterocycles. The SMILES string of the molecule is CCCCCC/C=C\C/C=C\CCCCCCCC(=O)OC(COC(=O)CCCCCCCCCCCCC)COC(=O)CCCCCCCCCCCCCCCCCCCCCCCCCCCCCCCC. The summed E-state index contributed by atoms with van der Waals surface area (Å²) in [5.74, 6) is -0.860. The molecule has 0 amide bonds. The van der Waals surface area contributed by atoms with Gasteiger partial charge in [0.15, 0.2) is 6.10 Å². The van der Waals surface area contributed by atoms with Crippen molar-refractivity contribution in [2.45, 2.75) is 386 Å². The van der Waals surface area contributed by atoms with Crippen molar-refractivity contribution in [2.75, 3.05) is 13.2 Å². The third kappa shape index (κ3) is 62.6. The van der Waals surface area contributed by atoms with Gasteiger partial charge in [0.25, 0.3) is 0 Å². The quantitative estimate of drug-likeness (QED) is 0.0261. The molecule has 6 nitrogen and oxygen atoms in total. The van der Waals surface area contributed by atoms with E-state index in [9.17, 15) is 14.4 Å². The third-order valence-corrected chi connectivity index (χ3v) is 15.5. The molecule has 0 radical (unpaired) electrons. The first-order valence-electron chi connectivity index (χ1n) is 33.8. The first kappa shape index (κ1) is 72.9. The molecule has 0 saturated heterocycles. The lowest BCUT2D eigenvalue weighted by molar-refractivity contribution is -0.167. The molecule has 0 aromatic carbocycles. The van der Waals surface area contributed by atoms with Gasteiger partial charge in [0.2, 0.25) is 0 Å². The molecule has 0 aliphatic rings. The van der Waals surface area contributed by atoms with E-state index in [1.165, 1.54) is 263 Å². The largest absolute Gasteiger partial charge is 0.462 e. The van der Waals surface area contributed by atoms with Crippen molar-refractivity contribution in [3.63, 3.8) is 0 Å². The van der Waals surface area contributed by atoms with Crippen LogP contribution in [0.4, 0.5) is 0 Å². The maximum absolute atomic E-state index is 12.9. The van der Waals surface area contributed by atoms with E-state index >= 15 is 0 Å². The van der Waals surface area contributed by atoms with Gasteiger partial charge in [-0.3, -0.25) is 14.4 Å². The first-order chi connectivity index (χ1) is 37.0. The second kappa shape index (κ2) is 64.4. The van der Waals surface area contributed by atoms with Crippen molar-refractivity contribution < 1.29 is 28.6 Å². The van der Waals surface area contributed by atoms with Gasteiger partial charge in [0.1, 0.15) is 13.2 Å². The molecule has 0 aromatic rings. The molecule has 442 valence electrons. The molecule has 0 spiro atoms. The zero-order chi connectivity index (χ0) is 54.3. The summed E-state index contributed by atoms with van der Waals surface area (Å²) in [6.45, 7) is 6.67. The zero-order valence-electron chi connectivity index (χ0n) is 50.8. The molecule has 0 bridgehead atoms. The maximum Gasteiger partial charge on any atom is 0.306 e. The number of rotatable bonds is 63. The van der Waals surface area contributed by atoms with E-state index in [4.69, 9.17) is 14.2 Å². The van der Waals surface area contributed by atoms with Gasteiger partial charge in [0.05, 0.1) is 0 Å². The summed E-state index contributed by atoms with van der Waals surface area (Å²) in [5, 5.41) is 0. The summed E-state index contributed by atoms with van der Waals surface area (Å²) in [6, 6.07) is 0. The molecular formula is C69H130O6. The van der Waals surface area contributed by atoms with Crippen LogP contribution in [0.3, 0.4) is 0 Å². The molecule has 0 rings (SSSR count). The van der Waals surface area contributed by atoms with Crippen molar-refractivity contribution in [1.29, 1.82) is 0 Å². The highest BCUT2D eigenvalue weighted by molar-refractivity contribution is 5.71. The lowest BCUT2D eigenvalue weighted by Crippen LogP contribution is -2.30. The summed E-state index contributed by atoms with van der Waals surface area (Å²) in [5.41, 5.74) is 0. The van der Waals surface area contributed by atoms with Gasteiger partial charge < -0.3 is 14.2 Å². The van der Waals surface area contributed by atoms with E-state index in [-0.39, 0.29) is 31.1 Å². The smallest absolute Gasteiger partial charge is 0.306 e. The van der Waals surface area contributed by atoms with E-state index in [0.29, 0.717) is 19.3 Å². The van der Waals surface area contributed by atoms with Crippen LogP contribution in [0, 0.1) is 0 Å². The highest BCUT2D eigenvalue weighted by Crippen LogP contribution is 2.18. The standard InChI is InChI=1S/C69H130O6/c1-4-7-10-13-16-19-22-24-26-28-29-30-31-32-33-34-35-36-37-38-39-40-41-43-44-47-50-53-56-59-62-68(71)74-65-66(64-73-67(70)61-58-55-52-49-46-21-18-15-12-9-6-3)75-69(72)63-60-57-54-51-48-45-42-27-25-23-20-17-14-11-8-5-2/h20,23,27,42,66H,4-19,21-22,24-26,28-41,43-65H2,1-3H3/b23-20-,42-27-. The highest BCUT2D eigenvalue weighted by Gasteiger charge is 2.19. The van der Waals surface area contributed by atoms with Crippen molar-refractivity contribution in [3.8, 4) is 0 Å². The van der Waals surface area contributed by atoms with Crippen LogP contribution in [0.5, 0.6) is 0 Å². The van der Waals surface area contributed by atoms with E-state index < -0.39 is 6.10 Å². The molecule has 0 fully saturated rings. The fourth-order valence-electron chi connectivity index (χ4n) is 10.4. The normalized spacial score (nSPS) is 12.1. The van der Waals surface area contributed by atoms with Crippen LogP contribution in [0.25, 0.3) is 0 Å². The predicted octanol–water partition coefficient (Wildman–Crippen LogP) is 23.0. The molecular weight excluding hydrogens is 925 g/mol. The average Bonchev–Trinajstić information content (AvgIpc) is 3.41. The second-order valence-electron chi connectivity index (χ2n) is 23.1. The Labute approximate surface area is 468 Å². The van der Waals surface area contributed by atoms with Crippen LogP contribution in [0.15, 0.2) is 24.3 Å². The molecule has 0 aromatic heterocycles. The van der Waals surface area contributed by atoms with Gasteiger partial charge in [-0.2, -0.15) is 0 Å². The number of hydrogen-bond acceptors (Lipinski definition) is 6. The third-order valence-electron chi connectivity index (χ3n) is 15.5. The molecule has 0 aliphatic carbocycles. The maximum atomic E-state index is 12.9. The van der Waals surface area contributed by atoms with E-state index in [1.54, 1.807) is 0 Å². The van der Waals surface area contributed by atoms with E-state index in [0.717, 1.165) is 77.0 Å². The first-order valence-corrected chi connectivity index (χ1v) is 33.8. The minimum atomic E-state index is -0.774. The van der Waals surface area contributed by atoms with Crippen LogP contribution in [0.1, 0.15) is 380 Å². The number of carbonyl (C=O) groups is 3. The minimum Gasteiger partial charge on any atom is -0.462 e. The van der Waals surface area contributed by atoms with Gasteiger partial charge >= 0.3 is 17.9 Å². The second-order valence-corrected chi connectivity index (χ2v) is 23.1. The number of carbonyl (C=O) groups excluding carboxylic acids is 3. The number of hydrogen-bond donors (Lipinski definition) is 0. The van der Waals surface area contributed by atoms with Crippen LogP contribution in [-0.2, 0) is 28.6 Å². The van der Waals surface area contributed by atoms with Crippen molar-refractivity contribution in [2.24, 2.45) is 0 Å². The van der Waals surface area contributed by atoms with Crippen LogP contribution in [0.2, 0.25) is 0 Å². The summed E-state index contributed by atoms with van der Waals surface area (Å²) in [4.78, 5) is 38.2. The summed E-state index contributed by atoms with van der Waals surface area (Å²) in [6.07, 6.45) is 77.9. The zero-order valence-corrected chi connectivity index (χ0v) is 50.8. The van der Waals surface area contributed by atoms with Crippen LogP contribution < -0.4 is 0 Å². The Morgan fingerprint density at radius 1 is 0.267 bits per heavy atom. The van der Waals surface area contributed by atoms with Gasteiger partial charge in [-0.15, -0.1) is 0 Å². The summed E-state index contributed by atoms with van der Waals surface area (Å²) < 4.78 is 16.9. The Morgan fingerprint density at radius 2 is 0.480 bits per heavy atom. The Morgan fingerprint density at radius 3 is 0.747 bits per heavy atom. The Hall–Kier alpha value is -2.11. The number of unbranched alkanes of at least 4 members (excludes halogenated alkanes) is 48. The topological polar surface area (TPSA) is 78.9 Å². The Kier molecular flexibility index (Phi) is 62.6. The fourth-order valence-corrected chi connectivity index (χ4v) is 10.4. The Bertz CT molecular complexity index is 1210. The predicted molar refractivity (Wildman–Crippen MR) is 326 cm³/mol. The number of allylic oxidation sites excluding steroid dienone is 4. The van der Waals surface area contributed by atoms with Gasteiger partial charge in [-0.05, 0) is 51.4 Å². The Balaban J connectivity index is 4.10. The number of esters is 3. The van der Waals surface area contributed by atoms with E-state index in [2.05, 4.69) is 45.1 Å². The molecule has 1 unspecified atom stereocenters. The van der Waals surface area contributed by atoms with Gasteiger partial charge in [-0.1, -0.05) is 334 Å². The molecule has 0 heterocycles. The molecule has 0 N–H and O–H groups in total. The van der Waals surface area contributed by atoms with Crippen LogP contribution in [-0.4, -0.2) is 37.2 Å². The summed E-state index contributed by atoms with van der Waals surface area (Å²) in [7, 11) is 0. The minimum absolute atomic E-state index is 0.0713. The monoisotopic (exact) mass is 1050 g/mol. The fraction of sp³-hybridized carbons (Fsp3) is 0.899. The summed E-state index contributed by atoms with van der Waals surface area (Å²) >= 11 is 0. The average molecular weight is 1060 g/mol. The lowest BCUT2D eigenvalue weighted by Gasteiger charge is -2.18. The number of ether oxygens (including phenoxy) is 3. The highest BCUT2D eigenvalue weighted by atomic mass is 16.6. The van der Waals surface area contributed by atoms with Gasteiger partial charge in [0, 0.05) is 19.3 Å². The van der Waals surface area contributed by atoms with Crippen LogP contribution >= 0.6 is 0 Å². The van der Waals surface area contributed by atoms with Crippen molar-refractivity contribution >= 4 is 17.9 Å².